The minimum Gasteiger partial charge on any atom is -0.504 e. The summed E-state index contributed by atoms with van der Waals surface area (Å²) in [5.74, 6) is 0.394. The van der Waals surface area contributed by atoms with Crippen molar-refractivity contribution in [3.05, 3.63) is 35.0 Å². The molecule has 1 aliphatic rings. The number of phenolic OH excluding ortho intramolecular Hbond substituents is 2. The van der Waals surface area contributed by atoms with Crippen LogP contribution in [0.1, 0.15) is 22.1 Å². The number of rotatable bonds is 1. The minimum absolute atomic E-state index is 0.103. The molecular formula is C13H13N3O3S. The average Bonchev–Trinajstić information content (AvgIpc) is 2.67. The summed E-state index contributed by atoms with van der Waals surface area (Å²) in [6.07, 6.45) is 0. The topological polar surface area (TPSA) is 98.2 Å². The Balaban J connectivity index is 2.10. The fourth-order valence-electron chi connectivity index (χ4n) is 2.23. The Hall–Kier alpha value is -2.15. The molecule has 0 unspecified atom stereocenters. The molecule has 1 amide bonds. The van der Waals surface area contributed by atoms with E-state index >= 15 is 0 Å². The highest BCUT2D eigenvalue weighted by Crippen LogP contribution is 2.43. The molecule has 1 atom stereocenters. The molecule has 4 N–H and O–H groups in total. The molecule has 2 heterocycles. The van der Waals surface area contributed by atoms with Gasteiger partial charge in [0.15, 0.2) is 17.3 Å². The van der Waals surface area contributed by atoms with E-state index in [2.05, 4.69) is 15.5 Å². The Bertz CT molecular complexity index is 683. The maximum absolute atomic E-state index is 11.7. The fourth-order valence-corrected chi connectivity index (χ4v) is 3.42. The van der Waals surface area contributed by atoms with E-state index in [-0.39, 0.29) is 22.7 Å². The van der Waals surface area contributed by atoms with Gasteiger partial charge in [0.2, 0.25) is 5.91 Å². The van der Waals surface area contributed by atoms with Crippen molar-refractivity contribution in [2.24, 2.45) is 0 Å². The summed E-state index contributed by atoms with van der Waals surface area (Å²) in [6.45, 7) is 1.89. The maximum Gasteiger partial charge on any atom is 0.235 e. The molecule has 0 saturated heterocycles. The summed E-state index contributed by atoms with van der Waals surface area (Å²) >= 11 is 1.46. The van der Waals surface area contributed by atoms with Gasteiger partial charge in [0, 0.05) is 11.3 Å². The first-order valence-electron chi connectivity index (χ1n) is 6.04. The number of hydrogen-bond acceptors (Lipinski definition) is 5. The number of phenols is 2. The molecule has 1 aromatic carbocycles. The predicted octanol–water partition coefficient (Wildman–Crippen LogP) is 1.90. The smallest absolute Gasteiger partial charge is 0.235 e. The Morgan fingerprint density at radius 3 is 2.90 bits per heavy atom. The van der Waals surface area contributed by atoms with Crippen molar-refractivity contribution in [1.82, 2.24) is 10.2 Å². The number of carbonyl (C=O) groups excluding carboxylic acids is 1. The summed E-state index contributed by atoms with van der Waals surface area (Å²) in [4.78, 5) is 11.7. The number of fused-ring (bicyclic) bond motifs is 1. The van der Waals surface area contributed by atoms with Crippen LogP contribution in [0.3, 0.4) is 0 Å². The Labute approximate surface area is 119 Å². The third-order valence-corrected chi connectivity index (χ3v) is 4.47. The third kappa shape index (κ3) is 2.09. The summed E-state index contributed by atoms with van der Waals surface area (Å²) < 4.78 is 0. The number of thioether (sulfide) groups is 1. The highest BCUT2D eigenvalue weighted by atomic mass is 32.2. The van der Waals surface area contributed by atoms with Crippen molar-refractivity contribution in [2.45, 2.75) is 12.2 Å². The van der Waals surface area contributed by atoms with Crippen LogP contribution in [0.2, 0.25) is 0 Å². The van der Waals surface area contributed by atoms with Crippen molar-refractivity contribution in [3.63, 3.8) is 0 Å². The van der Waals surface area contributed by atoms with E-state index in [4.69, 9.17) is 0 Å². The second-order valence-electron chi connectivity index (χ2n) is 4.60. The zero-order chi connectivity index (χ0) is 14.3. The summed E-state index contributed by atoms with van der Waals surface area (Å²) in [5, 5.41) is 28.7. The molecule has 2 aromatic rings. The Morgan fingerprint density at radius 1 is 1.35 bits per heavy atom. The summed E-state index contributed by atoms with van der Waals surface area (Å²) in [5.41, 5.74) is 2.57. The largest absolute Gasteiger partial charge is 0.504 e. The quantitative estimate of drug-likeness (QED) is 0.602. The SMILES string of the molecule is Cc1[nH]nc2c1[C@@H](c1ccc(O)c(O)c1)SCC(=O)N2. The molecule has 0 spiro atoms. The Morgan fingerprint density at radius 2 is 2.15 bits per heavy atom. The van der Waals surface area contributed by atoms with E-state index in [9.17, 15) is 15.0 Å². The fraction of sp³-hybridized carbons (Fsp3) is 0.231. The van der Waals surface area contributed by atoms with Gasteiger partial charge in [0.1, 0.15) is 0 Å². The van der Waals surface area contributed by atoms with Gasteiger partial charge >= 0.3 is 0 Å². The summed E-state index contributed by atoms with van der Waals surface area (Å²) in [6, 6.07) is 4.69. The molecule has 0 bridgehead atoms. The van der Waals surface area contributed by atoms with Crippen LogP contribution in [-0.4, -0.2) is 32.1 Å². The molecule has 20 heavy (non-hydrogen) atoms. The highest BCUT2D eigenvalue weighted by molar-refractivity contribution is 8.00. The second kappa shape index (κ2) is 4.75. The van der Waals surface area contributed by atoms with Gasteiger partial charge in [0.25, 0.3) is 0 Å². The van der Waals surface area contributed by atoms with Crippen LogP contribution in [0.4, 0.5) is 5.82 Å². The van der Waals surface area contributed by atoms with Crippen LogP contribution in [-0.2, 0) is 4.79 Å². The molecule has 104 valence electrons. The number of aromatic hydroxyl groups is 2. The second-order valence-corrected chi connectivity index (χ2v) is 5.69. The molecule has 1 aliphatic heterocycles. The number of hydrogen-bond donors (Lipinski definition) is 4. The molecule has 0 fully saturated rings. The predicted molar refractivity (Wildman–Crippen MR) is 76.0 cm³/mol. The van der Waals surface area contributed by atoms with Gasteiger partial charge in [-0.1, -0.05) is 6.07 Å². The number of aryl methyl sites for hydroxylation is 1. The van der Waals surface area contributed by atoms with E-state index in [1.165, 1.54) is 23.9 Å². The summed E-state index contributed by atoms with van der Waals surface area (Å²) in [7, 11) is 0. The van der Waals surface area contributed by atoms with Gasteiger partial charge in [0.05, 0.1) is 11.0 Å². The zero-order valence-electron chi connectivity index (χ0n) is 10.7. The van der Waals surface area contributed by atoms with Gasteiger partial charge in [-0.05, 0) is 24.6 Å². The van der Waals surface area contributed by atoms with Crippen LogP contribution in [0.15, 0.2) is 18.2 Å². The first-order chi connectivity index (χ1) is 9.56. The van der Waals surface area contributed by atoms with Crippen molar-refractivity contribution < 1.29 is 15.0 Å². The number of carbonyl (C=O) groups is 1. The lowest BCUT2D eigenvalue weighted by Crippen LogP contribution is -2.12. The van der Waals surface area contributed by atoms with E-state index in [1.807, 2.05) is 6.92 Å². The molecule has 1 aromatic heterocycles. The minimum atomic E-state index is -0.172. The van der Waals surface area contributed by atoms with Gasteiger partial charge in [-0.25, -0.2) is 0 Å². The first-order valence-corrected chi connectivity index (χ1v) is 7.09. The molecule has 6 nitrogen and oxygen atoms in total. The van der Waals surface area contributed by atoms with Crippen LogP contribution < -0.4 is 5.32 Å². The monoisotopic (exact) mass is 291 g/mol. The molecule has 7 heteroatoms. The normalized spacial score (nSPS) is 18.2. The lowest BCUT2D eigenvalue weighted by Gasteiger charge is -2.15. The highest BCUT2D eigenvalue weighted by Gasteiger charge is 2.28. The van der Waals surface area contributed by atoms with Crippen LogP contribution in [0.5, 0.6) is 11.5 Å². The number of H-pyrrole nitrogens is 1. The number of benzene rings is 1. The molecule has 0 radical (unpaired) electrons. The number of amides is 1. The van der Waals surface area contributed by atoms with Crippen molar-refractivity contribution >= 4 is 23.5 Å². The average molecular weight is 291 g/mol. The van der Waals surface area contributed by atoms with Crippen molar-refractivity contribution in [2.75, 3.05) is 11.1 Å². The maximum atomic E-state index is 11.7. The number of aromatic nitrogens is 2. The van der Waals surface area contributed by atoms with Gasteiger partial charge in [-0.3, -0.25) is 9.89 Å². The Kier molecular flexibility index (Phi) is 3.06. The van der Waals surface area contributed by atoms with Gasteiger partial charge < -0.3 is 15.5 Å². The van der Waals surface area contributed by atoms with Crippen LogP contribution >= 0.6 is 11.8 Å². The molecule has 3 rings (SSSR count). The van der Waals surface area contributed by atoms with E-state index < -0.39 is 0 Å². The third-order valence-electron chi connectivity index (χ3n) is 3.20. The molecule has 0 aliphatic carbocycles. The van der Waals surface area contributed by atoms with E-state index in [0.717, 1.165) is 16.8 Å². The van der Waals surface area contributed by atoms with Gasteiger partial charge in [-0.2, -0.15) is 5.10 Å². The van der Waals surface area contributed by atoms with E-state index in [0.29, 0.717) is 11.6 Å². The van der Waals surface area contributed by atoms with Crippen molar-refractivity contribution in [1.29, 1.82) is 0 Å². The molecule has 0 saturated carbocycles. The number of nitrogens with zero attached hydrogens (tertiary/aromatic N) is 1. The lowest BCUT2D eigenvalue weighted by atomic mass is 10.0. The zero-order valence-corrected chi connectivity index (χ0v) is 11.5. The number of aromatic amines is 1. The van der Waals surface area contributed by atoms with Gasteiger partial charge in [-0.15, -0.1) is 11.8 Å². The molecular weight excluding hydrogens is 278 g/mol. The first kappa shape index (κ1) is 12.9. The lowest BCUT2D eigenvalue weighted by molar-refractivity contribution is -0.113. The van der Waals surface area contributed by atoms with E-state index in [1.54, 1.807) is 6.07 Å². The van der Waals surface area contributed by atoms with Crippen LogP contribution in [0, 0.1) is 6.92 Å². The number of nitrogens with one attached hydrogen (secondary N) is 2. The van der Waals surface area contributed by atoms with Crippen molar-refractivity contribution in [3.8, 4) is 11.5 Å². The number of anilines is 1. The van der Waals surface area contributed by atoms with Crippen LogP contribution in [0.25, 0.3) is 0 Å². The standard InChI is InChI=1S/C13H13N3O3S/c1-6-11-12(7-2-3-8(17)9(18)4-7)20-5-10(19)14-13(11)16-15-6/h2-4,12,17-18H,5H2,1H3,(H2,14,15,16,19)/t12-/m1/s1.